The molecule has 0 aliphatic heterocycles. The van der Waals surface area contributed by atoms with Crippen LogP contribution in [0, 0.1) is 5.92 Å². The fraction of sp³-hybridized carbons (Fsp3) is 0.952. The molecular weight excluding hydrogens is 392 g/mol. The number of amides is 1. The van der Waals surface area contributed by atoms with Crippen molar-refractivity contribution in [1.29, 1.82) is 0 Å². The predicted molar refractivity (Wildman–Crippen MR) is 116 cm³/mol. The Morgan fingerprint density at radius 3 is 1.33 bits per heavy atom. The van der Waals surface area contributed by atoms with Crippen LogP contribution in [0.4, 0.5) is 0 Å². The van der Waals surface area contributed by atoms with Gasteiger partial charge in [-0.15, -0.1) is 0 Å². The van der Waals surface area contributed by atoms with Crippen LogP contribution in [0.1, 0.15) is 27.2 Å². The molecular formula is C21H44N2O7. The standard InChI is InChI=1S/C21H44N2O7/c1-19(2)20(3)23(4)21(24)5-7-25-9-11-27-13-15-29-17-18-30-16-14-28-12-10-26-8-6-22/h19-20H,5-18,22H2,1-4H3. The Morgan fingerprint density at radius 2 is 1.00 bits per heavy atom. The smallest absolute Gasteiger partial charge is 0.224 e. The van der Waals surface area contributed by atoms with Crippen LogP contribution < -0.4 is 5.73 Å². The van der Waals surface area contributed by atoms with E-state index in [9.17, 15) is 4.79 Å². The third-order valence-corrected chi connectivity index (χ3v) is 4.55. The molecule has 0 saturated heterocycles. The molecule has 9 heteroatoms. The predicted octanol–water partition coefficient (Wildman–Crippen LogP) is 0.938. The average Bonchev–Trinajstić information content (AvgIpc) is 2.73. The van der Waals surface area contributed by atoms with E-state index in [0.717, 1.165) is 0 Å². The van der Waals surface area contributed by atoms with Crippen LogP contribution in [0.3, 0.4) is 0 Å². The molecule has 180 valence electrons. The molecule has 1 unspecified atom stereocenters. The summed E-state index contributed by atoms with van der Waals surface area (Å²) in [4.78, 5) is 13.8. The zero-order valence-corrected chi connectivity index (χ0v) is 19.4. The highest BCUT2D eigenvalue weighted by Crippen LogP contribution is 2.09. The van der Waals surface area contributed by atoms with Gasteiger partial charge in [-0.2, -0.15) is 0 Å². The van der Waals surface area contributed by atoms with E-state index in [1.165, 1.54) is 0 Å². The third-order valence-electron chi connectivity index (χ3n) is 4.55. The van der Waals surface area contributed by atoms with Gasteiger partial charge in [0, 0.05) is 19.6 Å². The Morgan fingerprint density at radius 1 is 0.667 bits per heavy atom. The topological polar surface area (TPSA) is 102 Å². The van der Waals surface area contributed by atoms with Gasteiger partial charge in [0.2, 0.25) is 5.91 Å². The summed E-state index contributed by atoms with van der Waals surface area (Å²) in [6, 6.07) is 0.228. The maximum absolute atomic E-state index is 12.0. The van der Waals surface area contributed by atoms with E-state index in [0.29, 0.717) is 98.2 Å². The van der Waals surface area contributed by atoms with Gasteiger partial charge in [-0.25, -0.2) is 0 Å². The number of hydrogen-bond donors (Lipinski definition) is 1. The largest absolute Gasteiger partial charge is 0.379 e. The molecule has 0 fully saturated rings. The lowest BCUT2D eigenvalue weighted by molar-refractivity contribution is -0.133. The van der Waals surface area contributed by atoms with Crippen LogP contribution in [0.15, 0.2) is 0 Å². The van der Waals surface area contributed by atoms with Gasteiger partial charge in [0.1, 0.15) is 0 Å². The zero-order chi connectivity index (χ0) is 22.5. The van der Waals surface area contributed by atoms with Crippen molar-refractivity contribution in [2.45, 2.75) is 33.2 Å². The van der Waals surface area contributed by atoms with Crippen molar-refractivity contribution in [3.63, 3.8) is 0 Å². The number of carbonyl (C=O) groups excluding carboxylic acids is 1. The summed E-state index contributed by atoms with van der Waals surface area (Å²) in [7, 11) is 1.84. The molecule has 0 saturated carbocycles. The van der Waals surface area contributed by atoms with Gasteiger partial charge in [-0.05, 0) is 12.8 Å². The van der Waals surface area contributed by atoms with Crippen LogP contribution in [-0.2, 0) is 33.2 Å². The van der Waals surface area contributed by atoms with Crippen LogP contribution in [0.2, 0.25) is 0 Å². The molecule has 0 radical (unpaired) electrons. The minimum Gasteiger partial charge on any atom is -0.379 e. The molecule has 0 spiro atoms. The molecule has 0 bridgehead atoms. The van der Waals surface area contributed by atoms with E-state index in [-0.39, 0.29) is 11.9 Å². The fourth-order valence-corrected chi connectivity index (χ4v) is 2.30. The summed E-state index contributed by atoms with van der Waals surface area (Å²) in [6.45, 7) is 13.0. The summed E-state index contributed by atoms with van der Waals surface area (Å²) in [5.41, 5.74) is 5.31. The second-order valence-electron chi connectivity index (χ2n) is 7.20. The molecule has 0 aromatic rings. The third kappa shape index (κ3) is 18.0. The molecule has 1 amide bonds. The number of ether oxygens (including phenoxy) is 6. The molecule has 0 aliphatic carbocycles. The van der Waals surface area contributed by atoms with Gasteiger partial charge in [0.05, 0.1) is 85.7 Å². The van der Waals surface area contributed by atoms with Gasteiger partial charge in [-0.1, -0.05) is 13.8 Å². The van der Waals surface area contributed by atoms with Gasteiger partial charge in [0.15, 0.2) is 0 Å². The first kappa shape index (κ1) is 29.2. The summed E-state index contributed by atoms with van der Waals surface area (Å²) in [6.07, 6.45) is 0.393. The SMILES string of the molecule is CC(C)C(C)N(C)C(=O)CCOCCOCCOCCOCCOCCOCCN. The van der Waals surface area contributed by atoms with Crippen molar-refractivity contribution < 1.29 is 33.2 Å². The normalized spacial score (nSPS) is 12.5. The molecule has 0 aliphatic rings. The first-order chi connectivity index (χ1) is 14.5. The maximum Gasteiger partial charge on any atom is 0.224 e. The van der Waals surface area contributed by atoms with E-state index >= 15 is 0 Å². The van der Waals surface area contributed by atoms with Gasteiger partial charge in [0.25, 0.3) is 0 Å². The number of hydrogen-bond acceptors (Lipinski definition) is 8. The Bertz CT molecular complexity index is 386. The highest BCUT2D eigenvalue weighted by atomic mass is 16.6. The second kappa shape index (κ2) is 21.4. The van der Waals surface area contributed by atoms with Crippen LogP contribution >= 0.6 is 0 Å². The molecule has 30 heavy (non-hydrogen) atoms. The fourth-order valence-electron chi connectivity index (χ4n) is 2.30. The molecule has 0 aromatic carbocycles. The zero-order valence-electron chi connectivity index (χ0n) is 19.4. The maximum atomic E-state index is 12.0. The molecule has 0 heterocycles. The minimum atomic E-state index is 0.107. The van der Waals surface area contributed by atoms with Crippen LogP contribution in [0.5, 0.6) is 0 Å². The highest BCUT2D eigenvalue weighted by Gasteiger charge is 2.17. The highest BCUT2D eigenvalue weighted by molar-refractivity contribution is 5.76. The monoisotopic (exact) mass is 436 g/mol. The van der Waals surface area contributed by atoms with Crippen LogP contribution in [-0.4, -0.2) is 110 Å². The summed E-state index contributed by atoms with van der Waals surface area (Å²) in [5.74, 6) is 0.545. The Labute approximate surface area is 182 Å². The van der Waals surface area contributed by atoms with E-state index in [1.807, 2.05) is 7.05 Å². The van der Waals surface area contributed by atoms with E-state index in [4.69, 9.17) is 34.2 Å². The van der Waals surface area contributed by atoms with Crippen molar-refractivity contribution >= 4 is 5.91 Å². The second-order valence-corrected chi connectivity index (χ2v) is 7.20. The van der Waals surface area contributed by atoms with Crippen molar-refractivity contribution in [3.05, 3.63) is 0 Å². The van der Waals surface area contributed by atoms with E-state index in [2.05, 4.69) is 20.8 Å². The number of nitrogens with two attached hydrogens (primary N) is 1. The lowest BCUT2D eigenvalue weighted by atomic mass is 10.1. The van der Waals surface area contributed by atoms with Crippen molar-refractivity contribution in [1.82, 2.24) is 4.90 Å². The number of carbonyl (C=O) groups is 1. The van der Waals surface area contributed by atoms with Crippen molar-refractivity contribution in [3.8, 4) is 0 Å². The molecule has 9 nitrogen and oxygen atoms in total. The summed E-state index contributed by atoms with van der Waals surface area (Å²) < 4.78 is 32.2. The lowest BCUT2D eigenvalue weighted by Gasteiger charge is -2.28. The van der Waals surface area contributed by atoms with Gasteiger partial charge in [-0.3, -0.25) is 4.79 Å². The quantitative estimate of drug-likeness (QED) is 0.250. The molecule has 2 N–H and O–H groups in total. The Kier molecular flexibility index (Phi) is 20.8. The summed E-state index contributed by atoms with van der Waals surface area (Å²) >= 11 is 0. The first-order valence-electron chi connectivity index (χ1n) is 10.9. The van der Waals surface area contributed by atoms with E-state index < -0.39 is 0 Å². The van der Waals surface area contributed by atoms with Crippen molar-refractivity contribution in [2.75, 3.05) is 92.9 Å². The summed E-state index contributed by atoms with van der Waals surface area (Å²) in [5, 5.41) is 0. The molecule has 1 atom stereocenters. The number of nitrogens with zero attached hydrogens (tertiary/aromatic N) is 1. The van der Waals surface area contributed by atoms with Gasteiger partial charge < -0.3 is 39.1 Å². The average molecular weight is 437 g/mol. The number of rotatable bonds is 22. The van der Waals surface area contributed by atoms with Crippen molar-refractivity contribution in [2.24, 2.45) is 11.7 Å². The van der Waals surface area contributed by atoms with Crippen LogP contribution in [0.25, 0.3) is 0 Å². The first-order valence-corrected chi connectivity index (χ1v) is 10.9. The van der Waals surface area contributed by atoms with E-state index in [1.54, 1.807) is 4.90 Å². The molecule has 0 rings (SSSR count). The van der Waals surface area contributed by atoms with Gasteiger partial charge >= 0.3 is 0 Å². The Hall–Kier alpha value is -0.810. The Balaban J connectivity index is 3.24. The lowest BCUT2D eigenvalue weighted by Crippen LogP contribution is -2.38. The molecule has 0 aromatic heterocycles. The minimum absolute atomic E-state index is 0.107.